The minimum absolute atomic E-state index is 0.661. The molecule has 4 nitrogen and oxygen atoms in total. The minimum Gasteiger partial charge on any atom is -0.354 e. The van der Waals surface area contributed by atoms with Crippen LogP contribution in [0.4, 0.5) is 5.82 Å². The first-order valence-corrected chi connectivity index (χ1v) is 7.15. The topological polar surface area (TPSA) is 36.4 Å². The summed E-state index contributed by atoms with van der Waals surface area (Å²) in [5.41, 5.74) is 1.76. The SMILES string of the molecule is Cc1cc(C=O)cnc1N1CCN(CC2CC2)CC1. The summed E-state index contributed by atoms with van der Waals surface area (Å²) in [6.07, 6.45) is 5.38. The molecule has 2 fully saturated rings. The van der Waals surface area contributed by atoms with Crippen LogP contribution >= 0.6 is 0 Å². The summed E-state index contributed by atoms with van der Waals surface area (Å²) in [4.78, 5) is 20.1. The van der Waals surface area contributed by atoms with E-state index in [1.807, 2.05) is 13.0 Å². The first-order valence-electron chi connectivity index (χ1n) is 7.15. The van der Waals surface area contributed by atoms with Crippen molar-refractivity contribution in [1.82, 2.24) is 9.88 Å². The Hall–Kier alpha value is -1.42. The van der Waals surface area contributed by atoms with Crippen LogP contribution in [0.5, 0.6) is 0 Å². The fraction of sp³-hybridized carbons (Fsp3) is 0.600. The van der Waals surface area contributed by atoms with E-state index >= 15 is 0 Å². The number of pyridine rings is 1. The second-order valence-electron chi connectivity index (χ2n) is 5.76. The van der Waals surface area contributed by atoms with E-state index in [0.29, 0.717) is 5.56 Å². The van der Waals surface area contributed by atoms with Gasteiger partial charge in [-0.15, -0.1) is 0 Å². The predicted molar refractivity (Wildman–Crippen MR) is 75.7 cm³/mol. The molecule has 1 saturated heterocycles. The van der Waals surface area contributed by atoms with E-state index in [0.717, 1.165) is 49.8 Å². The van der Waals surface area contributed by atoms with Crippen molar-refractivity contribution in [2.45, 2.75) is 19.8 Å². The Labute approximate surface area is 114 Å². The summed E-state index contributed by atoms with van der Waals surface area (Å²) in [5, 5.41) is 0. The maximum atomic E-state index is 10.7. The van der Waals surface area contributed by atoms with Crippen molar-refractivity contribution >= 4 is 12.1 Å². The predicted octanol–water partition coefficient (Wildman–Crippen LogP) is 1.73. The normalized spacial score (nSPS) is 20.6. The van der Waals surface area contributed by atoms with Gasteiger partial charge in [0.25, 0.3) is 0 Å². The molecule has 1 aromatic rings. The zero-order valence-electron chi connectivity index (χ0n) is 11.5. The molecule has 4 heteroatoms. The standard InChI is InChI=1S/C15H21N3O/c1-12-8-14(11-19)9-16-15(12)18-6-4-17(5-7-18)10-13-2-3-13/h8-9,11,13H,2-7,10H2,1H3. The quantitative estimate of drug-likeness (QED) is 0.772. The lowest BCUT2D eigenvalue weighted by Gasteiger charge is -2.36. The molecule has 3 rings (SSSR count). The zero-order valence-corrected chi connectivity index (χ0v) is 11.5. The third-order valence-electron chi connectivity index (χ3n) is 4.09. The van der Waals surface area contributed by atoms with Crippen molar-refractivity contribution in [3.8, 4) is 0 Å². The van der Waals surface area contributed by atoms with Gasteiger partial charge in [-0.25, -0.2) is 4.98 Å². The molecule has 19 heavy (non-hydrogen) atoms. The van der Waals surface area contributed by atoms with Crippen LogP contribution in [0.2, 0.25) is 0 Å². The molecule has 0 aromatic carbocycles. The van der Waals surface area contributed by atoms with Gasteiger partial charge in [-0.05, 0) is 37.3 Å². The monoisotopic (exact) mass is 259 g/mol. The molecule has 1 aliphatic heterocycles. The molecule has 102 valence electrons. The number of rotatable bonds is 4. The highest BCUT2D eigenvalue weighted by molar-refractivity contribution is 5.75. The summed E-state index contributed by atoms with van der Waals surface area (Å²) in [6, 6.07) is 1.92. The maximum absolute atomic E-state index is 10.7. The van der Waals surface area contributed by atoms with Crippen molar-refractivity contribution in [3.63, 3.8) is 0 Å². The molecule has 0 spiro atoms. The number of hydrogen-bond donors (Lipinski definition) is 0. The lowest BCUT2D eigenvalue weighted by molar-refractivity contribution is 0.112. The molecule has 1 aliphatic carbocycles. The van der Waals surface area contributed by atoms with Crippen LogP contribution in [0, 0.1) is 12.8 Å². The molecular weight excluding hydrogens is 238 g/mol. The van der Waals surface area contributed by atoms with E-state index in [1.54, 1.807) is 6.20 Å². The molecule has 0 bridgehead atoms. The fourth-order valence-electron chi connectivity index (χ4n) is 2.79. The highest BCUT2D eigenvalue weighted by atomic mass is 16.1. The summed E-state index contributed by atoms with van der Waals surface area (Å²) < 4.78 is 0. The molecule has 2 aliphatic rings. The van der Waals surface area contributed by atoms with Crippen LogP contribution in [0.15, 0.2) is 12.3 Å². The van der Waals surface area contributed by atoms with Crippen LogP contribution in [-0.4, -0.2) is 48.9 Å². The molecule has 1 saturated carbocycles. The van der Waals surface area contributed by atoms with Crippen LogP contribution < -0.4 is 4.90 Å². The number of carbonyl (C=O) groups excluding carboxylic acids is 1. The average molecular weight is 259 g/mol. The molecule has 0 unspecified atom stereocenters. The summed E-state index contributed by atoms with van der Waals surface area (Å²) in [5.74, 6) is 2.01. The van der Waals surface area contributed by atoms with Gasteiger partial charge < -0.3 is 4.90 Å². The lowest BCUT2D eigenvalue weighted by Crippen LogP contribution is -2.47. The maximum Gasteiger partial charge on any atom is 0.151 e. The number of aromatic nitrogens is 1. The van der Waals surface area contributed by atoms with Crippen molar-refractivity contribution < 1.29 is 4.79 Å². The second kappa shape index (κ2) is 5.29. The number of nitrogens with zero attached hydrogens (tertiary/aromatic N) is 3. The van der Waals surface area contributed by atoms with Crippen molar-refractivity contribution in [2.75, 3.05) is 37.6 Å². The van der Waals surface area contributed by atoms with Crippen LogP contribution in [0.1, 0.15) is 28.8 Å². The third kappa shape index (κ3) is 2.95. The Morgan fingerprint density at radius 1 is 1.32 bits per heavy atom. The van der Waals surface area contributed by atoms with Gasteiger partial charge in [0.1, 0.15) is 5.82 Å². The summed E-state index contributed by atoms with van der Waals surface area (Å²) in [6.45, 7) is 7.67. The van der Waals surface area contributed by atoms with Crippen LogP contribution in [0.3, 0.4) is 0 Å². The van der Waals surface area contributed by atoms with Gasteiger partial charge in [0, 0.05) is 44.5 Å². The van der Waals surface area contributed by atoms with Gasteiger partial charge in [-0.2, -0.15) is 0 Å². The van der Waals surface area contributed by atoms with Crippen molar-refractivity contribution in [2.24, 2.45) is 5.92 Å². The Morgan fingerprint density at radius 3 is 2.63 bits per heavy atom. The van der Waals surface area contributed by atoms with E-state index in [-0.39, 0.29) is 0 Å². The van der Waals surface area contributed by atoms with E-state index in [2.05, 4.69) is 14.8 Å². The number of carbonyl (C=O) groups is 1. The first-order chi connectivity index (χ1) is 9.26. The van der Waals surface area contributed by atoms with Crippen LogP contribution in [-0.2, 0) is 0 Å². The second-order valence-corrected chi connectivity index (χ2v) is 5.76. The largest absolute Gasteiger partial charge is 0.354 e. The first kappa shape index (κ1) is 12.6. The highest BCUT2D eigenvalue weighted by Crippen LogP contribution is 2.30. The Balaban J connectivity index is 1.62. The fourth-order valence-corrected chi connectivity index (χ4v) is 2.79. The van der Waals surface area contributed by atoms with Gasteiger partial charge in [-0.1, -0.05) is 0 Å². The number of aldehydes is 1. The van der Waals surface area contributed by atoms with E-state index in [9.17, 15) is 4.79 Å². The smallest absolute Gasteiger partial charge is 0.151 e. The lowest BCUT2D eigenvalue weighted by atomic mass is 10.2. The Morgan fingerprint density at radius 2 is 2.05 bits per heavy atom. The summed E-state index contributed by atoms with van der Waals surface area (Å²) in [7, 11) is 0. The molecule has 2 heterocycles. The molecule has 0 amide bonds. The molecule has 0 atom stereocenters. The molecular formula is C15H21N3O. The molecule has 1 aromatic heterocycles. The van der Waals surface area contributed by atoms with E-state index in [4.69, 9.17) is 0 Å². The van der Waals surface area contributed by atoms with Crippen LogP contribution in [0.25, 0.3) is 0 Å². The number of hydrogen-bond acceptors (Lipinski definition) is 4. The highest BCUT2D eigenvalue weighted by Gasteiger charge is 2.26. The number of aryl methyl sites for hydroxylation is 1. The van der Waals surface area contributed by atoms with E-state index < -0.39 is 0 Å². The van der Waals surface area contributed by atoms with Gasteiger partial charge in [0.15, 0.2) is 6.29 Å². The Bertz CT molecular complexity index is 462. The van der Waals surface area contributed by atoms with Gasteiger partial charge in [0.05, 0.1) is 0 Å². The number of piperazine rings is 1. The van der Waals surface area contributed by atoms with Gasteiger partial charge in [0.2, 0.25) is 0 Å². The molecule has 0 N–H and O–H groups in total. The van der Waals surface area contributed by atoms with Crippen molar-refractivity contribution in [3.05, 3.63) is 23.4 Å². The minimum atomic E-state index is 0.661. The Kier molecular flexibility index (Phi) is 3.51. The average Bonchev–Trinajstić information content (AvgIpc) is 3.24. The van der Waals surface area contributed by atoms with Gasteiger partial charge in [-0.3, -0.25) is 9.69 Å². The third-order valence-corrected chi connectivity index (χ3v) is 4.09. The molecule has 0 radical (unpaired) electrons. The zero-order chi connectivity index (χ0) is 13.2. The van der Waals surface area contributed by atoms with E-state index in [1.165, 1.54) is 19.4 Å². The number of anilines is 1. The summed E-state index contributed by atoms with van der Waals surface area (Å²) >= 11 is 0. The van der Waals surface area contributed by atoms with Gasteiger partial charge >= 0.3 is 0 Å². The van der Waals surface area contributed by atoms with Crippen molar-refractivity contribution in [1.29, 1.82) is 0 Å².